The fourth-order valence-corrected chi connectivity index (χ4v) is 4.04. The first kappa shape index (κ1) is 18.2. The second kappa shape index (κ2) is 6.64. The highest BCUT2D eigenvalue weighted by Gasteiger charge is 2.46. The second-order valence-electron chi connectivity index (χ2n) is 6.70. The molecule has 1 saturated heterocycles. The molecule has 140 valence electrons. The van der Waals surface area contributed by atoms with Gasteiger partial charge in [0.1, 0.15) is 0 Å². The van der Waals surface area contributed by atoms with Gasteiger partial charge in [-0.3, -0.25) is 14.4 Å². The van der Waals surface area contributed by atoms with Crippen LogP contribution in [-0.2, 0) is 21.2 Å². The van der Waals surface area contributed by atoms with E-state index in [4.69, 9.17) is 0 Å². The van der Waals surface area contributed by atoms with Crippen molar-refractivity contribution in [3.05, 3.63) is 18.0 Å². The fraction of sp³-hybridized carbons (Fsp3) is 0.733. The topological polar surface area (TPSA) is 75.5 Å². The zero-order valence-corrected chi connectivity index (χ0v) is 14.9. The lowest BCUT2D eigenvalue weighted by Crippen LogP contribution is -2.58. The van der Waals surface area contributed by atoms with E-state index >= 15 is 0 Å². The van der Waals surface area contributed by atoms with Gasteiger partial charge in [-0.15, -0.1) is 0 Å². The summed E-state index contributed by atoms with van der Waals surface area (Å²) in [6.45, 7) is 1.99. The van der Waals surface area contributed by atoms with Crippen LogP contribution in [0.4, 0.5) is 8.78 Å². The van der Waals surface area contributed by atoms with Gasteiger partial charge in [0, 0.05) is 31.6 Å². The number of fused-ring (bicyclic) bond motifs is 1. The van der Waals surface area contributed by atoms with Gasteiger partial charge >= 0.3 is 0 Å². The fourth-order valence-electron chi connectivity index (χ4n) is 3.22. The molecule has 7 nitrogen and oxygen atoms in total. The minimum atomic E-state index is -3.07. The van der Waals surface area contributed by atoms with Crippen LogP contribution in [0, 0.1) is 0 Å². The van der Waals surface area contributed by atoms with Gasteiger partial charge in [0.25, 0.3) is 5.92 Å². The van der Waals surface area contributed by atoms with Crippen molar-refractivity contribution < 1.29 is 22.0 Å². The molecule has 2 aliphatic heterocycles. The summed E-state index contributed by atoms with van der Waals surface area (Å²) in [5, 5.41) is 4.24. The van der Waals surface area contributed by atoms with Crippen molar-refractivity contribution in [2.24, 2.45) is 0 Å². The summed E-state index contributed by atoms with van der Waals surface area (Å²) in [6, 6.07) is 1.56. The van der Waals surface area contributed by atoms with Gasteiger partial charge in [-0.05, 0) is 6.07 Å². The van der Waals surface area contributed by atoms with Crippen molar-refractivity contribution in [1.29, 1.82) is 0 Å². The van der Waals surface area contributed by atoms with Crippen LogP contribution in [0.3, 0.4) is 0 Å². The van der Waals surface area contributed by atoms with Crippen molar-refractivity contribution in [2.45, 2.75) is 31.9 Å². The van der Waals surface area contributed by atoms with E-state index in [0.29, 0.717) is 19.6 Å². The van der Waals surface area contributed by atoms with Crippen molar-refractivity contribution in [2.75, 3.05) is 37.7 Å². The van der Waals surface area contributed by atoms with Gasteiger partial charge < -0.3 is 4.90 Å². The van der Waals surface area contributed by atoms with Gasteiger partial charge in [-0.2, -0.15) is 5.10 Å². The Labute approximate surface area is 145 Å². The lowest BCUT2D eigenvalue weighted by molar-refractivity contribution is -0.166. The Hall–Kier alpha value is -1.55. The number of aromatic nitrogens is 2. The van der Waals surface area contributed by atoms with Crippen molar-refractivity contribution in [1.82, 2.24) is 19.6 Å². The number of hydrogen-bond acceptors (Lipinski definition) is 5. The van der Waals surface area contributed by atoms with E-state index in [1.54, 1.807) is 17.8 Å². The minimum Gasteiger partial charge on any atom is -0.330 e. The SMILES string of the molecule is CCS(=O)(=O)CCN1Cc2ccnn2C(CC(=O)N2CC(F)(F)C2)C1. The molecule has 0 bridgehead atoms. The smallest absolute Gasteiger partial charge is 0.282 e. The molecule has 0 spiro atoms. The number of halogens is 2. The highest BCUT2D eigenvalue weighted by Crippen LogP contribution is 2.29. The molecule has 3 rings (SSSR count). The standard InChI is InChI=1S/C15H22F2N4O3S/c1-2-25(23,24)6-5-19-8-12-3-4-18-21(12)13(9-19)7-14(22)20-10-15(16,17)11-20/h3-4,13H,2,5-11H2,1H3. The maximum absolute atomic E-state index is 12.9. The summed E-state index contributed by atoms with van der Waals surface area (Å²) in [6.07, 6.45) is 1.72. The molecule has 1 aromatic rings. The number of sulfone groups is 1. The van der Waals surface area contributed by atoms with Crippen LogP contribution in [0.2, 0.25) is 0 Å². The average molecular weight is 376 g/mol. The van der Waals surface area contributed by atoms with Gasteiger partial charge in [0.05, 0.1) is 37.0 Å². The molecule has 1 atom stereocenters. The van der Waals surface area contributed by atoms with E-state index in [1.165, 1.54) is 0 Å². The zero-order valence-electron chi connectivity index (χ0n) is 14.1. The predicted octanol–water partition coefficient (Wildman–Crippen LogP) is 0.542. The first-order chi connectivity index (χ1) is 11.7. The Morgan fingerprint density at radius 1 is 1.40 bits per heavy atom. The van der Waals surface area contributed by atoms with Gasteiger partial charge in [0.15, 0.2) is 9.84 Å². The number of hydrogen-bond donors (Lipinski definition) is 0. The van der Waals surface area contributed by atoms with Crippen LogP contribution in [0.1, 0.15) is 25.1 Å². The van der Waals surface area contributed by atoms with Gasteiger partial charge in [-0.1, -0.05) is 6.92 Å². The third-order valence-corrected chi connectivity index (χ3v) is 6.40. The maximum atomic E-state index is 12.9. The number of likely N-dealkylation sites (tertiary alicyclic amines) is 1. The quantitative estimate of drug-likeness (QED) is 0.725. The van der Waals surface area contributed by atoms with E-state index in [2.05, 4.69) is 5.10 Å². The molecule has 10 heteroatoms. The van der Waals surface area contributed by atoms with Crippen LogP contribution in [0.25, 0.3) is 0 Å². The summed E-state index contributed by atoms with van der Waals surface area (Å²) in [5.74, 6) is -2.93. The highest BCUT2D eigenvalue weighted by molar-refractivity contribution is 7.91. The first-order valence-electron chi connectivity index (χ1n) is 8.30. The van der Waals surface area contributed by atoms with Crippen LogP contribution >= 0.6 is 0 Å². The number of amides is 1. The maximum Gasteiger partial charge on any atom is 0.282 e. The summed E-state index contributed by atoms with van der Waals surface area (Å²) in [4.78, 5) is 15.4. The largest absolute Gasteiger partial charge is 0.330 e. The molecule has 0 N–H and O–H groups in total. The second-order valence-corrected chi connectivity index (χ2v) is 9.18. The molecule has 0 saturated carbocycles. The number of nitrogens with zero attached hydrogens (tertiary/aromatic N) is 4. The molecule has 0 aromatic carbocycles. The molecule has 0 radical (unpaired) electrons. The number of carbonyl (C=O) groups is 1. The van der Waals surface area contributed by atoms with Gasteiger partial charge in [0.2, 0.25) is 5.91 Å². The number of carbonyl (C=O) groups excluding carboxylic acids is 1. The summed E-state index contributed by atoms with van der Waals surface area (Å²) in [5.41, 5.74) is 0.895. The molecular formula is C15H22F2N4O3S. The van der Waals surface area contributed by atoms with E-state index in [1.807, 2.05) is 11.0 Å². The Morgan fingerprint density at radius 3 is 2.76 bits per heavy atom. The minimum absolute atomic E-state index is 0.0661. The van der Waals surface area contributed by atoms with E-state index in [0.717, 1.165) is 10.6 Å². The third kappa shape index (κ3) is 4.17. The Kier molecular flexibility index (Phi) is 4.84. The molecule has 1 unspecified atom stereocenters. The first-order valence-corrected chi connectivity index (χ1v) is 10.1. The van der Waals surface area contributed by atoms with Crippen molar-refractivity contribution in [3.8, 4) is 0 Å². The zero-order chi connectivity index (χ0) is 18.2. The Bertz CT molecular complexity index is 742. The van der Waals surface area contributed by atoms with Crippen LogP contribution in [0.5, 0.6) is 0 Å². The number of alkyl halides is 2. The van der Waals surface area contributed by atoms with Gasteiger partial charge in [-0.25, -0.2) is 17.2 Å². The van der Waals surface area contributed by atoms with E-state index in [9.17, 15) is 22.0 Å². The molecule has 1 amide bonds. The van der Waals surface area contributed by atoms with Crippen LogP contribution in [-0.4, -0.2) is 77.5 Å². The summed E-state index contributed by atoms with van der Waals surface area (Å²) < 4.78 is 51.1. The number of rotatable bonds is 6. The Morgan fingerprint density at radius 2 is 2.12 bits per heavy atom. The summed E-state index contributed by atoms with van der Waals surface area (Å²) >= 11 is 0. The lowest BCUT2D eigenvalue weighted by Gasteiger charge is -2.40. The molecule has 25 heavy (non-hydrogen) atoms. The van der Waals surface area contributed by atoms with Crippen LogP contribution in [0.15, 0.2) is 12.3 Å². The van der Waals surface area contributed by atoms with Crippen LogP contribution < -0.4 is 0 Å². The molecule has 1 fully saturated rings. The molecular weight excluding hydrogens is 354 g/mol. The lowest BCUT2D eigenvalue weighted by atomic mass is 10.1. The van der Waals surface area contributed by atoms with E-state index in [-0.39, 0.29) is 29.9 Å². The highest BCUT2D eigenvalue weighted by atomic mass is 32.2. The summed E-state index contributed by atoms with van der Waals surface area (Å²) in [7, 11) is -3.07. The van der Waals surface area contributed by atoms with Crippen molar-refractivity contribution >= 4 is 15.7 Å². The predicted molar refractivity (Wildman–Crippen MR) is 87.0 cm³/mol. The molecule has 1 aromatic heterocycles. The molecule has 3 heterocycles. The molecule has 0 aliphatic carbocycles. The van der Waals surface area contributed by atoms with E-state index < -0.39 is 28.8 Å². The van der Waals surface area contributed by atoms with Crippen molar-refractivity contribution in [3.63, 3.8) is 0 Å². The molecule has 2 aliphatic rings. The third-order valence-electron chi connectivity index (χ3n) is 4.72. The Balaban J connectivity index is 1.64. The monoisotopic (exact) mass is 376 g/mol. The normalized spacial score (nSPS) is 23.2. The average Bonchev–Trinajstić information content (AvgIpc) is 2.99.